The zero-order chi connectivity index (χ0) is 20.5. The number of Topliss-reactive ketones (excluding diaryl/α,β-unsaturated/α-hetero) is 1. The van der Waals surface area contributed by atoms with Crippen LogP contribution in [0.5, 0.6) is 11.5 Å². The summed E-state index contributed by atoms with van der Waals surface area (Å²) in [5, 5.41) is 0.779. The highest BCUT2D eigenvalue weighted by molar-refractivity contribution is 6.45. The molecule has 4 rings (SSSR count). The molecule has 29 heavy (non-hydrogen) atoms. The first-order valence-corrected chi connectivity index (χ1v) is 9.69. The van der Waals surface area contributed by atoms with Crippen molar-refractivity contribution in [1.82, 2.24) is 9.88 Å². The Morgan fingerprint density at radius 3 is 2.66 bits per heavy atom. The van der Waals surface area contributed by atoms with Gasteiger partial charge in [-0.15, -0.1) is 0 Å². The number of nitrogens with zero attached hydrogens (tertiary/aromatic N) is 1. The van der Waals surface area contributed by atoms with Gasteiger partial charge in [0, 0.05) is 34.8 Å². The van der Waals surface area contributed by atoms with Gasteiger partial charge in [-0.25, -0.2) is 0 Å². The lowest BCUT2D eigenvalue weighted by Crippen LogP contribution is -2.36. The number of fused-ring (bicyclic) bond motifs is 1. The number of aromatic amines is 1. The van der Waals surface area contributed by atoms with E-state index in [0.717, 1.165) is 29.3 Å². The number of rotatable bonds is 5. The van der Waals surface area contributed by atoms with E-state index in [4.69, 9.17) is 9.47 Å². The van der Waals surface area contributed by atoms with Gasteiger partial charge in [0.1, 0.15) is 11.5 Å². The van der Waals surface area contributed by atoms with Crippen molar-refractivity contribution in [3.05, 3.63) is 59.3 Å². The molecule has 0 radical (unpaired) electrons. The van der Waals surface area contributed by atoms with Crippen molar-refractivity contribution in [1.29, 1.82) is 0 Å². The van der Waals surface area contributed by atoms with E-state index in [0.29, 0.717) is 29.3 Å². The molecule has 6 nitrogen and oxygen atoms in total. The predicted molar refractivity (Wildman–Crippen MR) is 111 cm³/mol. The number of benzene rings is 2. The quantitative estimate of drug-likeness (QED) is 0.525. The van der Waals surface area contributed by atoms with E-state index < -0.39 is 11.7 Å². The topological polar surface area (TPSA) is 71.6 Å². The van der Waals surface area contributed by atoms with Crippen LogP contribution in [0.4, 0.5) is 0 Å². The maximum atomic E-state index is 13.2. The van der Waals surface area contributed by atoms with Gasteiger partial charge in [0.25, 0.3) is 11.7 Å². The molecule has 3 aromatic rings. The number of aromatic nitrogens is 1. The number of likely N-dealkylation sites (tertiary alicyclic amines) is 1. The van der Waals surface area contributed by atoms with Crippen molar-refractivity contribution < 1.29 is 19.1 Å². The highest BCUT2D eigenvalue weighted by Gasteiger charge is 2.36. The molecule has 1 amide bonds. The third-order valence-electron chi connectivity index (χ3n) is 5.63. The summed E-state index contributed by atoms with van der Waals surface area (Å²) in [6.07, 6.45) is 1.63. The number of carbonyl (C=O) groups is 2. The predicted octanol–water partition coefficient (Wildman–Crippen LogP) is 4.04. The van der Waals surface area contributed by atoms with E-state index in [1.165, 1.54) is 0 Å². The van der Waals surface area contributed by atoms with E-state index in [9.17, 15) is 9.59 Å². The van der Waals surface area contributed by atoms with Crippen LogP contribution in [0.1, 0.15) is 40.5 Å². The zero-order valence-electron chi connectivity index (χ0n) is 16.8. The largest absolute Gasteiger partial charge is 0.497 e. The first kappa shape index (κ1) is 19.1. The molecule has 0 saturated carbocycles. The summed E-state index contributed by atoms with van der Waals surface area (Å²) >= 11 is 0. The number of nitrogens with one attached hydrogen (secondary N) is 1. The zero-order valence-corrected chi connectivity index (χ0v) is 16.8. The van der Waals surface area contributed by atoms with Crippen LogP contribution in [0.15, 0.2) is 42.5 Å². The van der Waals surface area contributed by atoms with Crippen LogP contribution in [0, 0.1) is 6.92 Å². The van der Waals surface area contributed by atoms with E-state index in [2.05, 4.69) is 4.98 Å². The lowest BCUT2D eigenvalue weighted by atomic mass is 10.0. The molecule has 1 unspecified atom stereocenters. The molecule has 1 aliphatic heterocycles. The van der Waals surface area contributed by atoms with Gasteiger partial charge in [0.15, 0.2) is 0 Å². The third kappa shape index (κ3) is 3.24. The number of ketones is 1. The van der Waals surface area contributed by atoms with E-state index in [-0.39, 0.29) is 6.04 Å². The number of hydrogen-bond acceptors (Lipinski definition) is 4. The monoisotopic (exact) mass is 392 g/mol. The third-order valence-corrected chi connectivity index (χ3v) is 5.63. The maximum Gasteiger partial charge on any atom is 0.295 e. The second-order valence-corrected chi connectivity index (χ2v) is 7.26. The molecule has 2 aromatic carbocycles. The Hall–Kier alpha value is -3.28. The molecule has 0 bridgehead atoms. The van der Waals surface area contributed by atoms with Crippen molar-refractivity contribution in [3.8, 4) is 11.5 Å². The van der Waals surface area contributed by atoms with Crippen LogP contribution in [0.2, 0.25) is 0 Å². The maximum absolute atomic E-state index is 13.2. The van der Waals surface area contributed by atoms with E-state index in [1.807, 2.05) is 49.4 Å². The average Bonchev–Trinajstić information content (AvgIpc) is 3.35. The van der Waals surface area contributed by atoms with Crippen molar-refractivity contribution in [3.63, 3.8) is 0 Å². The summed E-state index contributed by atoms with van der Waals surface area (Å²) in [6, 6.07) is 12.9. The number of ether oxygens (including phenoxy) is 2. The lowest BCUT2D eigenvalue weighted by molar-refractivity contribution is -0.127. The summed E-state index contributed by atoms with van der Waals surface area (Å²) in [5.74, 6) is 0.397. The molecular weight excluding hydrogens is 368 g/mol. The highest BCUT2D eigenvalue weighted by atomic mass is 16.5. The van der Waals surface area contributed by atoms with Gasteiger partial charge < -0.3 is 19.4 Å². The van der Waals surface area contributed by atoms with Gasteiger partial charge in [-0.2, -0.15) is 0 Å². The minimum absolute atomic E-state index is 0.196. The van der Waals surface area contributed by atoms with Crippen LogP contribution in [-0.2, 0) is 4.79 Å². The standard InChI is InChI=1S/C23H24N2O4/c1-14-21(16-7-4-5-8-18(16)24-14)22(26)23(27)25-12-6-9-19(25)17-11-10-15(28-2)13-20(17)29-3/h4-5,7-8,10-11,13,19,24H,6,9,12H2,1-3H3. The number of H-pyrrole nitrogens is 1. The molecule has 2 heterocycles. The van der Waals surface area contributed by atoms with Gasteiger partial charge >= 0.3 is 0 Å². The summed E-state index contributed by atoms with van der Waals surface area (Å²) < 4.78 is 10.8. The molecule has 1 saturated heterocycles. The lowest BCUT2D eigenvalue weighted by Gasteiger charge is -2.26. The Kier molecular flexibility index (Phi) is 5.01. The summed E-state index contributed by atoms with van der Waals surface area (Å²) in [7, 11) is 3.20. The summed E-state index contributed by atoms with van der Waals surface area (Å²) in [4.78, 5) is 31.3. The summed E-state index contributed by atoms with van der Waals surface area (Å²) in [6.45, 7) is 2.38. The molecule has 150 valence electrons. The minimum atomic E-state index is -0.474. The molecule has 1 aliphatic rings. The average molecular weight is 392 g/mol. The molecule has 1 atom stereocenters. The number of amides is 1. The molecule has 6 heteroatoms. The number of hydrogen-bond donors (Lipinski definition) is 1. The van der Waals surface area contributed by atoms with Gasteiger partial charge in [0.05, 0.1) is 25.8 Å². The smallest absolute Gasteiger partial charge is 0.295 e. The highest BCUT2D eigenvalue weighted by Crippen LogP contribution is 2.39. The fourth-order valence-corrected chi connectivity index (χ4v) is 4.23. The Morgan fingerprint density at radius 2 is 1.90 bits per heavy atom. The van der Waals surface area contributed by atoms with Crippen molar-refractivity contribution in [2.24, 2.45) is 0 Å². The van der Waals surface area contributed by atoms with Crippen LogP contribution >= 0.6 is 0 Å². The van der Waals surface area contributed by atoms with Crippen molar-refractivity contribution in [2.45, 2.75) is 25.8 Å². The fraction of sp³-hybridized carbons (Fsp3) is 0.304. The molecule has 0 spiro atoms. The second-order valence-electron chi connectivity index (χ2n) is 7.26. The minimum Gasteiger partial charge on any atom is -0.497 e. The first-order valence-electron chi connectivity index (χ1n) is 9.69. The van der Waals surface area contributed by atoms with E-state index >= 15 is 0 Å². The fourth-order valence-electron chi connectivity index (χ4n) is 4.23. The van der Waals surface area contributed by atoms with E-state index in [1.54, 1.807) is 19.1 Å². The number of carbonyl (C=O) groups excluding carboxylic acids is 2. The van der Waals surface area contributed by atoms with Crippen LogP contribution in [0.25, 0.3) is 10.9 Å². The normalized spacial score (nSPS) is 16.2. The molecule has 1 aromatic heterocycles. The van der Waals surface area contributed by atoms with Crippen molar-refractivity contribution >= 4 is 22.6 Å². The molecule has 1 N–H and O–H groups in total. The Bertz CT molecular complexity index is 1090. The molecular formula is C23H24N2O4. The number of aryl methyl sites for hydroxylation is 1. The SMILES string of the molecule is COc1ccc(C2CCCN2C(=O)C(=O)c2c(C)[nH]c3ccccc23)c(OC)c1. The Morgan fingerprint density at radius 1 is 1.10 bits per heavy atom. The number of para-hydroxylation sites is 1. The second kappa shape index (κ2) is 7.62. The molecule has 0 aliphatic carbocycles. The van der Waals surface area contributed by atoms with Gasteiger partial charge in [-0.3, -0.25) is 9.59 Å². The Balaban J connectivity index is 1.68. The molecule has 1 fully saturated rings. The van der Waals surface area contributed by atoms with Gasteiger partial charge in [0.2, 0.25) is 0 Å². The number of methoxy groups -OCH3 is 2. The summed E-state index contributed by atoms with van der Waals surface area (Å²) in [5.41, 5.74) is 2.92. The van der Waals surface area contributed by atoms with Crippen LogP contribution in [-0.4, -0.2) is 42.3 Å². The van der Waals surface area contributed by atoms with Crippen LogP contribution in [0.3, 0.4) is 0 Å². The van der Waals surface area contributed by atoms with Crippen molar-refractivity contribution in [2.75, 3.05) is 20.8 Å². The van der Waals surface area contributed by atoms with Gasteiger partial charge in [-0.05, 0) is 38.0 Å². The first-order chi connectivity index (χ1) is 14.0. The van der Waals surface area contributed by atoms with Gasteiger partial charge in [-0.1, -0.05) is 18.2 Å². The van der Waals surface area contributed by atoms with Crippen LogP contribution < -0.4 is 9.47 Å². The Labute approximate surface area is 169 Å².